The van der Waals surface area contributed by atoms with Gasteiger partial charge in [-0.2, -0.15) is 0 Å². The summed E-state index contributed by atoms with van der Waals surface area (Å²) in [4.78, 5) is 10.3. The van der Waals surface area contributed by atoms with Crippen molar-refractivity contribution in [1.82, 2.24) is 0 Å². The number of carbonyl (C=O) groups excluding carboxylic acids is 1. The molecule has 0 aromatic heterocycles. The highest BCUT2D eigenvalue weighted by atomic mass is 79.9. The first-order chi connectivity index (χ1) is 5.57. The lowest BCUT2D eigenvalue weighted by Gasteiger charge is -2.02. The van der Waals surface area contributed by atoms with Crippen LogP contribution in [-0.2, 0) is 0 Å². The molecule has 0 radical (unpaired) electrons. The third-order valence-electron chi connectivity index (χ3n) is 1.48. The van der Waals surface area contributed by atoms with E-state index in [0.717, 1.165) is 0 Å². The Balaban J connectivity index is 3.49. The summed E-state index contributed by atoms with van der Waals surface area (Å²) in [5.74, 6) is -1.52. The molecule has 0 spiro atoms. The lowest BCUT2D eigenvalue weighted by molar-refractivity contribution is 0.111. The highest BCUT2D eigenvalue weighted by Crippen LogP contribution is 2.24. The minimum Gasteiger partial charge on any atom is -0.298 e. The summed E-state index contributed by atoms with van der Waals surface area (Å²) < 4.78 is 25.5. The van der Waals surface area contributed by atoms with Gasteiger partial charge in [0.2, 0.25) is 0 Å². The van der Waals surface area contributed by atoms with Gasteiger partial charge in [-0.25, -0.2) is 8.78 Å². The standard InChI is InChI=1S/C8H5BrF2O/c1-4-2-5(3-12)8(11)6(9)7(4)10/h2-3H,1H3. The monoisotopic (exact) mass is 234 g/mol. The van der Waals surface area contributed by atoms with Gasteiger partial charge in [0.25, 0.3) is 0 Å². The number of rotatable bonds is 1. The molecule has 0 aliphatic rings. The summed E-state index contributed by atoms with van der Waals surface area (Å²) in [5, 5.41) is 0. The van der Waals surface area contributed by atoms with Crippen molar-refractivity contribution in [3.8, 4) is 0 Å². The molecule has 64 valence electrons. The van der Waals surface area contributed by atoms with E-state index in [1.165, 1.54) is 13.0 Å². The number of hydrogen-bond donors (Lipinski definition) is 0. The first kappa shape index (κ1) is 9.32. The maximum Gasteiger partial charge on any atom is 0.153 e. The van der Waals surface area contributed by atoms with Gasteiger partial charge in [-0.3, -0.25) is 4.79 Å². The highest BCUT2D eigenvalue weighted by Gasteiger charge is 2.13. The predicted octanol–water partition coefficient (Wildman–Crippen LogP) is 2.85. The Bertz CT molecular complexity index is 336. The van der Waals surface area contributed by atoms with Crippen molar-refractivity contribution in [2.45, 2.75) is 6.92 Å². The molecule has 0 bridgehead atoms. The topological polar surface area (TPSA) is 17.1 Å². The van der Waals surface area contributed by atoms with E-state index in [9.17, 15) is 13.6 Å². The van der Waals surface area contributed by atoms with Crippen LogP contribution in [0.4, 0.5) is 8.78 Å². The zero-order valence-electron chi connectivity index (χ0n) is 6.20. The fourth-order valence-corrected chi connectivity index (χ4v) is 1.38. The van der Waals surface area contributed by atoms with E-state index in [4.69, 9.17) is 0 Å². The van der Waals surface area contributed by atoms with Crippen molar-refractivity contribution in [2.24, 2.45) is 0 Å². The summed E-state index contributed by atoms with van der Waals surface area (Å²) in [6, 6.07) is 1.17. The molecule has 0 unspecified atom stereocenters. The number of carbonyl (C=O) groups is 1. The minimum atomic E-state index is -0.854. The second-order valence-electron chi connectivity index (χ2n) is 2.34. The third-order valence-corrected chi connectivity index (χ3v) is 2.18. The van der Waals surface area contributed by atoms with Gasteiger partial charge in [0, 0.05) is 0 Å². The maximum absolute atomic E-state index is 12.9. The summed E-state index contributed by atoms with van der Waals surface area (Å²) >= 11 is 2.71. The Morgan fingerprint density at radius 1 is 1.42 bits per heavy atom. The maximum atomic E-state index is 12.9. The van der Waals surface area contributed by atoms with Gasteiger partial charge in [0.1, 0.15) is 5.82 Å². The Labute approximate surface area is 76.5 Å². The molecule has 1 rings (SSSR count). The summed E-state index contributed by atoms with van der Waals surface area (Å²) in [6.45, 7) is 1.46. The first-order valence-electron chi connectivity index (χ1n) is 3.17. The smallest absolute Gasteiger partial charge is 0.153 e. The average molecular weight is 235 g/mol. The minimum absolute atomic E-state index is 0.138. The lowest BCUT2D eigenvalue weighted by atomic mass is 10.1. The average Bonchev–Trinajstić information content (AvgIpc) is 2.08. The van der Waals surface area contributed by atoms with Gasteiger partial charge < -0.3 is 0 Å². The van der Waals surface area contributed by atoms with Crippen LogP contribution in [0.15, 0.2) is 10.5 Å². The first-order valence-corrected chi connectivity index (χ1v) is 3.96. The van der Waals surface area contributed by atoms with Crippen molar-refractivity contribution in [3.63, 3.8) is 0 Å². The van der Waals surface area contributed by atoms with Gasteiger partial charge in [0.05, 0.1) is 10.0 Å². The molecule has 0 amide bonds. The van der Waals surface area contributed by atoms with Crippen molar-refractivity contribution in [3.05, 3.63) is 33.3 Å². The van der Waals surface area contributed by atoms with E-state index < -0.39 is 11.6 Å². The molecule has 1 nitrogen and oxygen atoms in total. The van der Waals surface area contributed by atoms with Crippen LogP contribution >= 0.6 is 15.9 Å². The molecule has 12 heavy (non-hydrogen) atoms. The normalized spacial score (nSPS) is 10.0. The van der Waals surface area contributed by atoms with Crippen molar-refractivity contribution >= 4 is 22.2 Å². The van der Waals surface area contributed by atoms with E-state index in [2.05, 4.69) is 15.9 Å². The molecule has 0 aliphatic carbocycles. The Morgan fingerprint density at radius 3 is 2.50 bits per heavy atom. The van der Waals surface area contributed by atoms with Crippen LogP contribution < -0.4 is 0 Å². The second kappa shape index (κ2) is 3.31. The Hall–Kier alpha value is -0.770. The quantitative estimate of drug-likeness (QED) is 0.540. The molecule has 1 aromatic carbocycles. The molecular formula is C8H5BrF2O. The molecule has 4 heteroatoms. The van der Waals surface area contributed by atoms with E-state index in [1.807, 2.05) is 0 Å². The largest absolute Gasteiger partial charge is 0.298 e. The molecule has 0 fully saturated rings. The van der Waals surface area contributed by atoms with Crippen LogP contribution in [0.2, 0.25) is 0 Å². The SMILES string of the molecule is Cc1cc(C=O)c(F)c(Br)c1F. The molecule has 0 N–H and O–H groups in total. The van der Waals surface area contributed by atoms with E-state index in [1.54, 1.807) is 0 Å². The van der Waals surface area contributed by atoms with Gasteiger partial charge in [-0.05, 0) is 34.5 Å². The lowest BCUT2D eigenvalue weighted by Crippen LogP contribution is -1.95. The van der Waals surface area contributed by atoms with Crippen molar-refractivity contribution in [2.75, 3.05) is 0 Å². The number of aldehydes is 1. The van der Waals surface area contributed by atoms with Gasteiger partial charge in [-0.15, -0.1) is 0 Å². The zero-order chi connectivity index (χ0) is 9.30. The second-order valence-corrected chi connectivity index (χ2v) is 3.14. The number of halogens is 3. The number of aryl methyl sites for hydroxylation is 1. The predicted molar refractivity (Wildman–Crippen MR) is 44.2 cm³/mol. The van der Waals surface area contributed by atoms with Gasteiger partial charge in [-0.1, -0.05) is 0 Å². The molecular weight excluding hydrogens is 230 g/mol. The molecule has 0 aliphatic heterocycles. The zero-order valence-corrected chi connectivity index (χ0v) is 7.78. The summed E-state index contributed by atoms with van der Waals surface area (Å²) in [5.41, 5.74) is 0.103. The van der Waals surface area contributed by atoms with Crippen LogP contribution in [0.1, 0.15) is 15.9 Å². The number of hydrogen-bond acceptors (Lipinski definition) is 1. The molecule has 1 aromatic rings. The fraction of sp³-hybridized carbons (Fsp3) is 0.125. The third kappa shape index (κ3) is 1.39. The molecule has 0 saturated carbocycles. The van der Waals surface area contributed by atoms with E-state index in [0.29, 0.717) is 6.29 Å². The van der Waals surface area contributed by atoms with Crippen molar-refractivity contribution < 1.29 is 13.6 Å². The van der Waals surface area contributed by atoms with E-state index >= 15 is 0 Å². The van der Waals surface area contributed by atoms with Crippen LogP contribution in [0.3, 0.4) is 0 Å². The molecule has 0 saturated heterocycles. The van der Waals surface area contributed by atoms with Crippen LogP contribution in [0.25, 0.3) is 0 Å². The Morgan fingerprint density at radius 2 is 2.00 bits per heavy atom. The molecule has 0 heterocycles. The molecule has 0 atom stereocenters. The summed E-state index contributed by atoms with van der Waals surface area (Å²) in [7, 11) is 0. The van der Waals surface area contributed by atoms with Gasteiger partial charge >= 0.3 is 0 Å². The highest BCUT2D eigenvalue weighted by molar-refractivity contribution is 9.10. The van der Waals surface area contributed by atoms with E-state index in [-0.39, 0.29) is 15.6 Å². The van der Waals surface area contributed by atoms with Gasteiger partial charge in [0.15, 0.2) is 12.1 Å². The number of benzene rings is 1. The van der Waals surface area contributed by atoms with Crippen LogP contribution in [0, 0.1) is 18.6 Å². The van der Waals surface area contributed by atoms with Crippen LogP contribution in [-0.4, -0.2) is 6.29 Å². The fourth-order valence-electron chi connectivity index (χ4n) is 0.842. The van der Waals surface area contributed by atoms with Crippen molar-refractivity contribution in [1.29, 1.82) is 0 Å². The summed E-state index contributed by atoms with van der Waals surface area (Å²) in [6.07, 6.45) is 0.354. The Kier molecular flexibility index (Phi) is 2.57. The van der Waals surface area contributed by atoms with Crippen LogP contribution in [0.5, 0.6) is 0 Å².